The van der Waals surface area contributed by atoms with Crippen LogP contribution in [0.4, 0.5) is 19.0 Å². The Kier molecular flexibility index (Phi) is 5.55. The molecule has 4 rings (SSSR count). The summed E-state index contributed by atoms with van der Waals surface area (Å²) in [4.78, 5) is 17.6. The van der Waals surface area contributed by atoms with E-state index in [0.717, 1.165) is 5.56 Å². The van der Waals surface area contributed by atoms with Crippen molar-refractivity contribution in [3.8, 4) is 11.3 Å². The van der Waals surface area contributed by atoms with Crippen molar-refractivity contribution in [3.63, 3.8) is 0 Å². The zero-order chi connectivity index (χ0) is 22.3. The number of alkyl halides is 3. The minimum absolute atomic E-state index is 0.0109. The van der Waals surface area contributed by atoms with E-state index in [1.165, 1.54) is 11.4 Å². The van der Waals surface area contributed by atoms with Crippen molar-refractivity contribution >= 4 is 29.0 Å². The smallest absolute Gasteiger partial charge is 0.393 e. The van der Waals surface area contributed by atoms with E-state index >= 15 is 0 Å². The van der Waals surface area contributed by atoms with E-state index in [1.807, 2.05) is 0 Å². The van der Waals surface area contributed by atoms with Crippen molar-refractivity contribution in [1.82, 2.24) is 14.6 Å². The van der Waals surface area contributed by atoms with Crippen molar-refractivity contribution < 1.29 is 23.1 Å². The van der Waals surface area contributed by atoms with Gasteiger partial charge in [0.15, 0.2) is 5.65 Å². The molecule has 0 spiro atoms. The lowest BCUT2D eigenvalue weighted by Crippen LogP contribution is -2.40. The molecule has 1 N–H and O–H groups in total. The molecule has 1 saturated heterocycles. The van der Waals surface area contributed by atoms with Crippen molar-refractivity contribution in [2.75, 3.05) is 18.0 Å². The number of aryl methyl sites for hydroxylation is 1. The van der Waals surface area contributed by atoms with Crippen LogP contribution < -0.4 is 4.90 Å². The first-order chi connectivity index (χ1) is 14.6. The number of carboxylic acids is 1. The van der Waals surface area contributed by atoms with Gasteiger partial charge in [-0.3, -0.25) is 4.79 Å². The first kappa shape index (κ1) is 21.4. The Morgan fingerprint density at radius 1 is 1.29 bits per heavy atom. The molecule has 31 heavy (non-hydrogen) atoms. The summed E-state index contributed by atoms with van der Waals surface area (Å²) in [7, 11) is 0. The Balaban J connectivity index is 1.89. The Hall–Kier alpha value is -2.81. The molecule has 0 bridgehead atoms. The summed E-state index contributed by atoms with van der Waals surface area (Å²) in [5, 5.41) is 14.6. The Bertz CT molecular complexity index is 1130. The maximum atomic E-state index is 13.4. The number of halogens is 4. The number of carboxylic acid groups (broad SMARTS) is 1. The highest BCUT2D eigenvalue weighted by Crippen LogP contribution is 2.34. The molecular weight excluding hydrogens is 433 g/mol. The topological polar surface area (TPSA) is 70.7 Å². The monoisotopic (exact) mass is 452 g/mol. The summed E-state index contributed by atoms with van der Waals surface area (Å²) >= 11 is 5.95. The second-order valence-electron chi connectivity index (χ2n) is 7.72. The van der Waals surface area contributed by atoms with Crippen LogP contribution in [-0.2, 0) is 11.2 Å². The van der Waals surface area contributed by atoms with Crippen LogP contribution in [0.2, 0.25) is 5.02 Å². The van der Waals surface area contributed by atoms with E-state index < -0.39 is 24.5 Å². The van der Waals surface area contributed by atoms with E-state index in [1.54, 1.807) is 35.2 Å². The molecule has 2 aromatic heterocycles. The van der Waals surface area contributed by atoms with Gasteiger partial charge in [-0.25, -0.2) is 4.98 Å². The summed E-state index contributed by atoms with van der Waals surface area (Å²) in [6, 6.07) is 8.66. The third-order valence-corrected chi connectivity index (χ3v) is 5.72. The number of carbonyl (C=O) groups is 1. The third-order valence-electron chi connectivity index (χ3n) is 5.47. The highest BCUT2D eigenvalue weighted by Gasteiger charge is 2.35. The lowest BCUT2D eigenvalue weighted by Gasteiger charge is -2.34. The molecule has 0 saturated carbocycles. The van der Waals surface area contributed by atoms with E-state index in [9.17, 15) is 23.1 Å². The molecule has 0 radical (unpaired) electrons. The number of fused-ring (bicyclic) bond motifs is 1. The molecule has 3 heterocycles. The third kappa shape index (κ3) is 4.46. The zero-order valence-corrected chi connectivity index (χ0v) is 17.4. The van der Waals surface area contributed by atoms with Crippen LogP contribution in [0.15, 0.2) is 30.3 Å². The number of benzene rings is 1. The molecule has 6 nitrogen and oxygen atoms in total. The van der Waals surface area contributed by atoms with Gasteiger partial charge in [-0.2, -0.15) is 22.8 Å². The molecule has 1 fully saturated rings. The predicted molar refractivity (Wildman–Crippen MR) is 111 cm³/mol. The first-order valence-electron chi connectivity index (χ1n) is 9.82. The second kappa shape index (κ2) is 8.03. The fraction of sp³-hybridized carbons (Fsp3) is 0.381. The molecule has 3 aromatic rings. The first-order valence-corrected chi connectivity index (χ1v) is 10.2. The molecule has 1 atom stereocenters. The lowest BCUT2D eigenvalue weighted by molar-refractivity contribution is -0.142. The summed E-state index contributed by atoms with van der Waals surface area (Å²) in [6.07, 6.45) is -4.55. The average molecular weight is 453 g/mol. The van der Waals surface area contributed by atoms with Crippen LogP contribution >= 0.6 is 11.6 Å². The van der Waals surface area contributed by atoms with Crippen LogP contribution in [0.25, 0.3) is 16.9 Å². The van der Waals surface area contributed by atoms with E-state index in [0.29, 0.717) is 35.8 Å². The van der Waals surface area contributed by atoms with Crippen LogP contribution in [0.5, 0.6) is 0 Å². The van der Waals surface area contributed by atoms with Crippen LogP contribution in [-0.4, -0.2) is 44.9 Å². The van der Waals surface area contributed by atoms with Gasteiger partial charge in [0.2, 0.25) is 0 Å². The maximum Gasteiger partial charge on any atom is 0.393 e. The molecule has 0 amide bonds. The van der Waals surface area contributed by atoms with Gasteiger partial charge < -0.3 is 10.0 Å². The average Bonchev–Trinajstić information content (AvgIpc) is 3.11. The molecular formula is C21H20ClF3N4O2. The fourth-order valence-corrected chi connectivity index (χ4v) is 4.13. The SMILES string of the molecule is Cc1nc2cc(-c3ccc(Cl)cc3)nn2c(N2CCCC(C(=O)O)C2)c1CC(F)(F)F. The van der Waals surface area contributed by atoms with Gasteiger partial charge in [-0.15, -0.1) is 0 Å². The van der Waals surface area contributed by atoms with Crippen LogP contribution in [0, 0.1) is 12.8 Å². The van der Waals surface area contributed by atoms with E-state index in [4.69, 9.17) is 11.6 Å². The fourth-order valence-electron chi connectivity index (χ4n) is 4.00. The van der Waals surface area contributed by atoms with Crippen molar-refractivity contribution in [3.05, 3.63) is 46.6 Å². The summed E-state index contributed by atoms with van der Waals surface area (Å²) < 4.78 is 41.6. The van der Waals surface area contributed by atoms with Crippen molar-refractivity contribution in [2.45, 2.75) is 32.4 Å². The van der Waals surface area contributed by atoms with Crippen molar-refractivity contribution in [1.29, 1.82) is 0 Å². The normalized spacial score (nSPS) is 17.3. The van der Waals surface area contributed by atoms with Crippen LogP contribution in [0.3, 0.4) is 0 Å². The Labute approximate surface area is 181 Å². The number of piperidine rings is 1. The van der Waals surface area contributed by atoms with E-state index in [2.05, 4.69) is 10.1 Å². The van der Waals surface area contributed by atoms with Gasteiger partial charge >= 0.3 is 12.1 Å². The summed E-state index contributed by atoms with van der Waals surface area (Å²) in [6.45, 7) is 2.11. The highest BCUT2D eigenvalue weighted by molar-refractivity contribution is 6.30. The standard InChI is InChI=1S/C21H20ClF3N4O2/c1-12-16(10-21(23,24)25)19(28-8-2-3-14(11-28)20(30)31)29-18(26-12)9-17(27-29)13-4-6-15(22)7-5-13/h4-7,9,14H,2-3,8,10-11H2,1H3,(H,30,31). The summed E-state index contributed by atoms with van der Waals surface area (Å²) in [5.74, 6) is -1.35. The maximum absolute atomic E-state index is 13.4. The van der Waals surface area contributed by atoms with Gasteiger partial charge in [-0.05, 0) is 31.9 Å². The Morgan fingerprint density at radius 2 is 2.00 bits per heavy atom. The largest absolute Gasteiger partial charge is 0.481 e. The number of aliphatic carboxylic acids is 1. The highest BCUT2D eigenvalue weighted by atomic mass is 35.5. The summed E-state index contributed by atoms with van der Waals surface area (Å²) in [5.41, 5.74) is 1.95. The van der Waals surface area contributed by atoms with E-state index in [-0.39, 0.29) is 23.6 Å². The van der Waals surface area contributed by atoms with Gasteiger partial charge in [0, 0.05) is 41.0 Å². The molecule has 0 aliphatic carbocycles. The Morgan fingerprint density at radius 3 is 2.65 bits per heavy atom. The minimum Gasteiger partial charge on any atom is -0.481 e. The zero-order valence-electron chi connectivity index (χ0n) is 16.7. The molecule has 1 aromatic carbocycles. The van der Waals surface area contributed by atoms with Gasteiger partial charge in [0.25, 0.3) is 0 Å². The van der Waals surface area contributed by atoms with Gasteiger partial charge in [0.1, 0.15) is 5.82 Å². The number of anilines is 1. The minimum atomic E-state index is -4.44. The van der Waals surface area contributed by atoms with Gasteiger partial charge in [0.05, 0.1) is 18.0 Å². The molecule has 1 unspecified atom stereocenters. The second-order valence-corrected chi connectivity index (χ2v) is 8.16. The predicted octanol–water partition coefficient (Wildman–Crippen LogP) is 4.76. The van der Waals surface area contributed by atoms with Gasteiger partial charge in [-0.1, -0.05) is 23.7 Å². The molecule has 164 valence electrons. The number of rotatable bonds is 4. The number of hydrogen-bond acceptors (Lipinski definition) is 4. The molecule has 10 heteroatoms. The number of hydrogen-bond donors (Lipinski definition) is 1. The number of nitrogens with zero attached hydrogens (tertiary/aromatic N) is 4. The number of aromatic nitrogens is 3. The van der Waals surface area contributed by atoms with Crippen molar-refractivity contribution in [2.24, 2.45) is 5.92 Å². The molecule has 1 aliphatic rings. The lowest BCUT2D eigenvalue weighted by atomic mass is 9.97. The van der Waals surface area contributed by atoms with Crippen LogP contribution in [0.1, 0.15) is 24.1 Å². The quantitative estimate of drug-likeness (QED) is 0.617. The molecule has 1 aliphatic heterocycles.